The van der Waals surface area contributed by atoms with Gasteiger partial charge >= 0.3 is 0 Å². The van der Waals surface area contributed by atoms with Crippen molar-refractivity contribution in [3.8, 4) is 0 Å². The van der Waals surface area contributed by atoms with Crippen LogP contribution in [0.1, 0.15) is 37.0 Å². The second-order valence-corrected chi connectivity index (χ2v) is 7.52. The van der Waals surface area contributed by atoms with Gasteiger partial charge in [-0.1, -0.05) is 18.5 Å². The van der Waals surface area contributed by atoms with E-state index < -0.39 is 15.9 Å². The fourth-order valence-electron chi connectivity index (χ4n) is 2.09. The fourth-order valence-corrected chi connectivity index (χ4v) is 3.80. The van der Waals surface area contributed by atoms with Crippen LogP contribution in [-0.4, -0.2) is 32.0 Å². The zero-order valence-electron chi connectivity index (χ0n) is 12.3. The summed E-state index contributed by atoms with van der Waals surface area (Å²) in [5.41, 5.74) is 0.405. The minimum Gasteiger partial charge on any atom is -0.350 e. The highest BCUT2D eigenvalue weighted by molar-refractivity contribution is 7.94. The SMILES string of the molecule is CCC(C)NC(=O)c1ccc(N2C(=O)CCS2(=O)=O)cc1Cl. The highest BCUT2D eigenvalue weighted by atomic mass is 35.5. The molecule has 1 fully saturated rings. The summed E-state index contributed by atoms with van der Waals surface area (Å²) >= 11 is 6.08. The molecule has 1 heterocycles. The highest BCUT2D eigenvalue weighted by Crippen LogP contribution is 2.29. The number of nitrogens with zero attached hydrogens (tertiary/aromatic N) is 1. The Morgan fingerprint density at radius 2 is 2.14 bits per heavy atom. The van der Waals surface area contributed by atoms with E-state index in [1.807, 2.05) is 13.8 Å². The topological polar surface area (TPSA) is 83.6 Å². The first-order chi connectivity index (χ1) is 10.3. The zero-order valence-corrected chi connectivity index (χ0v) is 13.9. The van der Waals surface area contributed by atoms with E-state index in [0.717, 1.165) is 10.7 Å². The molecule has 1 unspecified atom stereocenters. The first-order valence-electron chi connectivity index (χ1n) is 6.92. The predicted octanol–water partition coefficient (Wildman–Crippen LogP) is 1.93. The minimum absolute atomic E-state index is 0.00350. The molecule has 6 nitrogen and oxygen atoms in total. The van der Waals surface area contributed by atoms with E-state index in [4.69, 9.17) is 11.6 Å². The molecular weight excluding hydrogens is 328 g/mol. The van der Waals surface area contributed by atoms with Crippen molar-refractivity contribution in [2.24, 2.45) is 0 Å². The number of anilines is 1. The molecule has 1 aromatic rings. The van der Waals surface area contributed by atoms with Gasteiger partial charge in [0.25, 0.3) is 5.91 Å². The van der Waals surface area contributed by atoms with Crippen LogP contribution >= 0.6 is 11.6 Å². The Balaban J connectivity index is 2.31. The van der Waals surface area contributed by atoms with Gasteiger partial charge in [0, 0.05) is 12.5 Å². The lowest BCUT2D eigenvalue weighted by atomic mass is 10.1. The van der Waals surface area contributed by atoms with E-state index in [1.54, 1.807) is 0 Å². The van der Waals surface area contributed by atoms with Gasteiger partial charge in [0.05, 0.1) is 22.0 Å². The number of rotatable bonds is 4. The summed E-state index contributed by atoms with van der Waals surface area (Å²) in [6.07, 6.45) is 0.734. The number of amides is 2. The molecule has 0 spiro atoms. The quantitative estimate of drug-likeness (QED) is 0.904. The van der Waals surface area contributed by atoms with Crippen molar-refractivity contribution in [3.05, 3.63) is 28.8 Å². The molecule has 120 valence electrons. The molecule has 0 aromatic heterocycles. The molecule has 1 N–H and O–H groups in total. The molecule has 1 aliphatic heterocycles. The van der Waals surface area contributed by atoms with Crippen molar-refractivity contribution in [3.63, 3.8) is 0 Å². The number of halogens is 1. The lowest BCUT2D eigenvalue weighted by Gasteiger charge is -2.17. The van der Waals surface area contributed by atoms with Crippen LogP contribution in [0.4, 0.5) is 5.69 Å². The lowest BCUT2D eigenvalue weighted by molar-refractivity contribution is -0.116. The summed E-state index contributed by atoms with van der Waals surface area (Å²) in [5.74, 6) is -1.03. The van der Waals surface area contributed by atoms with Crippen molar-refractivity contribution >= 4 is 39.1 Å². The van der Waals surface area contributed by atoms with E-state index >= 15 is 0 Å². The summed E-state index contributed by atoms with van der Waals surface area (Å²) in [5, 5.41) is 2.88. The van der Waals surface area contributed by atoms with Gasteiger partial charge in [-0.2, -0.15) is 0 Å². The van der Waals surface area contributed by atoms with Gasteiger partial charge in [-0.25, -0.2) is 12.7 Å². The molecule has 0 aliphatic carbocycles. The molecule has 0 saturated carbocycles. The summed E-state index contributed by atoms with van der Waals surface area (Å²) < 4.78 is 24.5. The monoisotopic (exact) mass is 344 g/mol. The molecular formula is C14H17ClN2O4S. The number of hydrogen-bond acceptors (Lipinski definition) is 4. The first-order valence-corrected chi connectivity index (χ1v) is 8.91. The Hall–Kier alpha value is -1.60. The number of hydrogen-bond donors (Lipinski definition) is 1. The largest absolute Gasteiger partial charge is 0.350 e. The fraction of sp³-hybridized carbons (Fsp3) is 0.429. The molecule has 1 aliphatic rings. The maximum Gasteiger partial charge on any atom is 0.253 e. The molecule has 22 heavy (non-hydrogen) atoms. The molecule has 0 radical (unpaired) electrons. The Labute approximate surface area is 134 Å². The maximum absolute atomic E-state index is 12.1. The van der Waals surface area contributed by atoms with Crippen LogP contribution in [-0.2, 0) is 14.8 Å². The van der Waals surface area contributed by atoms with Gasteiger partial charge < -0.3 is 5.32 Å². The average molecular weight is 345 g/mol. The third-order valence-electron chi connectivity index (χ3n) is 3.50. The van der Waals surface area contributed by atoms with Crippen LogP contribution in [0.5, 0.6) is 0 Å². The predicted molar refractivity (Wildman–Crippen MR) is 84.6 cm³/mol. The van der Waals surface area contributed by atoms with Gasteiger partial charge in [0.1, 0.15) is 0 Å². The van der Waals surface area contributed by atoms with Gasteiger partial charge in [0.2, 0.25) is 15.9 Å². The van der Waals surface area contributed by atoms with Gasteiger partial charge in [-0.3, -0.25) is 9.59 Å². The van der Waals surface area contributed by atoms with Crippen LogP contribution in [0.25, 0.3) is 0 Å². The first kappa shape index (κ1) is 16.8. The Bertz CT molecular complexity index is 718. The van der Waals surface area contributed by atoms with Crippen molar-refractivity contribution in [1.82, 2.24) is 5.32 Å². The summed E-state index contributed by atoms with van der Waals surface area (Å²) in [4.78, 5) is 23.8. The molecule has 2 amide bonds. The summed E-state index contributed by atoms with van der Waals surface area (Å²) in [7, 11) is -3.64. The number of carbonyl (C=O) groups excluding carboxylic acids is 2. The van der Waals surface area contributed by atoms with Gasteiger partial charge in [-0.05, 0) is 31.5 Å². The van der Waals surface area contributed by atoms with Crippen molar-refractivity contribution < 1.29 is 18.0 Å². The van der Waals surface area contributed by atoms with Gasteiger partial charge in [0.15, 0.2) is 0 Å². The third-order valence-corrected chi connectivity index (χ3v) is 5.50. The molecule has 8 heteroatoms. The summed E-state index contributed by atoms with van der Waals surface area (Å²) in [6, 6.07) is 4.17. The van der Waals surface area contributed by atoms with E-state index in [2.05, 4.69) is 5.32 Å². The van der Waals surface area contributed by atoms with Gasteiger partial charge in [-0.15, -0.1) is 0 Å². The van der Waals surface area contributed by atoms with Crippen LogP contribution in [0.15, 0.2) is 18.2 Å². The van der Waals surface area contributed by atoms with Crippen LogP contribution in [0.3, 0.4) is 0 Å². The second-order valence-electron chi connectivity index (χ2n) is 5.17. The molecule has 2 rings (SSSR count). The third kappa shape index (κ3) is 3.25. The number of sulfonamides is 1. The second kappa shape index (κ2) is 6.26. The van der Waals surface area contributed by atoms with Crippen molar-refractivity contribution in [2.75, 3.05) is 10.1 Å². The van der Waals surface area contributed by atoms with Crippen molar-refractivity contribution in [2.45, 2.75) is 32.7 Å². The van der Waals surface area contributed by atoms with Crippen LogP contribution in [0.2, 0.25) is 5.02 Å². The van der Waals surface area contributed by atoms with Crippen LogP contribution < -0.4 is 9.62 Å². The van der Waals surface area contributed by atoms with E-state index in [-0.39, 0.29) is 40.4 Å². The maximum atomic E-state index is 12.1. The Morgan fingerprint density at radius 1 is 1.45 bits per heavy atom. The molecule has 1 aromatic carbocycles. The normalized spacial score (nSPS) is 18.3. The van der Waals surface area contributed by atoms with E-state index in [9.17, 15) is 18.0 Å². The number of benzene rings is 1. The Morgan fingerprint density at radius 3 is 2.64 bits per heavy atom. The smallest absolute Gasteiger partial charge is 0.253 e. The molecule has 1 saturated heterocycles. The minimum atomic E-state index is -3.64. The van der Waals surface area contributed by atoms with Crippen LogP contribution in [0, 0.1) is 0 Å². The van der Waals surface area contributed by atoms with E-state index in [1.165, 1.54) is 18.2 Å². The highest BCUT2D eigenvalue weighted by Gasteiger charge is 2.36. The molecule has 0 bridgehead atoms. The zero-order chi connectivity index (χ0) is 16.5. The summed E-state index contributed by atoms with van der Waals surface area (Å²) in [6.45, 7) is 3.81. The number of carbonyl (C=O) groups is 2. The standard InChI is InChI=1S/C14H17ClN2O4S/c1-3-9(2)16-14(19)11-5-4-10(8-12(11)15)17-13(18)6-7-22(17,20)21/h4-5,8-9H,3,6-7H2,1-2H3,(H,16,19). The molecule has 1 atom stereocenters. The van der Waals surface area contributed by atoms with Crippen molar-refractivity contribution in [1.29, 1.82) is 0 Å². The van der Waals surface area contributed by atoms with E-state index in [0.29, 0.717) is 0 Å². The average Bonchev–Trinajstić information content (AvgIpc) is 2.71. The Kier molecular flexibility index (Phi) is 4.77. The lowest BCUT2D eigenvalue weighted by Crippen LogP contribution is -2.32. The number of nitrogens with one attached hydrogen (secondary N) is 1.